The third kappa shape index (κ3) is 3.69. The fourth-order valence-corrected chi connectivity index (χ4v) is 2.77. The number of nitrogens with two attached hydrogens (primary N) is 1. The largest absolute Gasteiger partial charge is 0.396 e. The molecule has 1 unspecified atom stereocenters. The molecule has 1 aromatic rings. The molecule has 0 radical (unpaired) electrons. The van der Waals surface area contributed by atoms with Crippen LogP contribution in [0.4, 0.5) is 0 Å². The highest BCUT2D eigenvalue weighted by molar-refractivity contribution is 6.31. The first-order valence-electron chi connectivity index (χ1n) is 6.56. The van der Waals surface area contributed by atoms with Gasteiger partial charge in [0.05, 0.1) is 0 Å². The van der Waals surface area contributed by atoms with E-state index in [0.717, 1.165) is 38.0 Å². The van der Waals surface area contributed by atoms with E-state index in [1.54, 1.807) is 6.07 Å². The molecule has 4 N–H and O–H groups in total. The van der Waals surface area contributed by atoms with Gasteiger partial charge in [-0.15, -0.1) is 0 Å². The van der Waals surface area contributed by atoms with Crippen LogP contribution in [0, 0.1) is 11.3 Å². The highest BCUT2D eigenvalue weighted by Crippen LogP contribution is 2.23. The monoisotopic (exact) mass is 281 g/mol. The fraction of sp³-hybridized carbons (Fsp3) is 0.500. The van der Waals surface area contributed by atoms with Gasteiger partial charge in [0.1, 0.15) is 5.84 Å². The van der Waals surface area contributed by atoms with Crippen LogP contribution in [0.25, 0.3) is 0 Å². The Morgan fingerprint density at radius 2 is 2.32 bits per heavy atom. The van der Waals surface area contributed by atoms with Crippen LogP contribution >= 0.6 is 11.6 Å². The van der Waals surface area contributed by atoms with Gasteiger partial charge in [0.2, 0.25) is 0 Å². The van der Waals surface area contributed by atoms with Crippen molar-refractivity contribution in [2.45, 2.75) is 19.4 Å². The number of amidine groups is 1. The van der Waals surface area contributed by atoms with Gasteiger partial charge < -0.3 is 10.8 Å². The van der Waals surface area contributed by atoms with Gasteiger partial charge in [0.25, 0.3) is 0 Å². The van der Waals surface area contributed by atoms with Gasteiger partial charge in [-0.3, -0.25) is 10.3 Å². The zero-order valence-corrected chi connectivity index (χ0v) is 11.7. The van der Waals surface area contributed by atoms with E-state index in [2.05, 4.69) is 4.90 Å². The van der Waals surface area contributed by atoms with Crippen molar-refractivity contribution in [2.24, 2.45) is 11.7 Å². The van der Waals surface area contributed by atoms with Crippen molar-refractivity contribution in [3.05, 3.63) is 34.3 Å². The Hall–Kier alpha value is -1.10. The number of aliphatic hydroxyl groups is 1. The summed E-state index contributed by atoms with van der Waals surface area (Å²) in [4.78, 5) is 2.32. The first-order valence-corrected chi connectivity index (χ1v) is 6.94. The first-order chi connectivity index (χ1) is 9.10. The minimum atomic E-state index is 0.0340. The van der Waals surface area contributed by atoms with E-state index in [1.165, 1.54) is 0 Å². The lowest BCUT2D eigenvalue weighted by atomic mass is 9.98. The van der Waals surface area contributed by atoms with Crippen LogP contribution in [-0.2, 0) is 6.54 Å². The lowest BCUT2D eigenvalue weighted by Gasteiger charge is -2.32. The van der Waals surface area contributed by atoms with Gasteiger partial charge in [-0.2, -0.15) is 0 Å². The number of piperidine rings is 1. The number of likely N-dealkylation sites (tertiary alicyclic amines) is 1. The van der Waals surface area contributed by atoms with Gasteiger partial charge in [-0.1, -0.05) is 23.7 Å². The molecule has 1 aromatic carbocycles. The van der Waals surface area contributed by atoms with Gasteiger partial charge in [0.15, 0.2) is 0 Å². The van der Waals surface area contributed by atoms with Crippen molar-refractivity contribution in [3.63, 3.8) is 0 Å². The number of benzene rings is 1. The maximum Gasteiger partial charge on any atom is 0.122 e. The Labute approximate surface area is 118 Å². The standard InChI is InChI=1S/C14H20ClN3O/c15-13-6-11(14(16)17)3-4-12(13)8-18-5-1-2-10(7-18)9-19/h3-4,6,10,19H,1-2,5,7-9H2,(H3,16,17). The second-order valence-electron chi connectivity index (χ2n) is 5.15. The van der Waals surface area contributed by atoms with Crippen LogP contribution < -0.4 is 5.73 Å². The molecule has 2 rings (SSSR count). The third-order valence-corrected chi connectivity index (χ3v) is 3.97. The molecule has 19 heavy (non-hydrogen) atoms. The number of hydrogen-bond acceptors (Lipinski definition) is 3. The molecule has 1 saturated heterocycles. The smallest absolute Gasteiger partial charge is 0.122 e. The molecular formula is C14H20ClN3O. The van der Waals surface area contributed by atoms with Crippen molar-refractivity contribution in [1.82, 2.24) is 4.90 Å². The highest BCUT2D eigenvalue weighted by atomic mass is 35.5. The molecule has 104 valence electrons. The van der Waals surface area contributed by atoms with Crippen LogP contribution in [0.15, 0.2) is 18.2 Å². The second-order valence-corrected chi connectivity index (χ2v) is 5.55. The molecule has 1 heterocycles. The molecule has 0 bridgehead atoms. The summed E-state index contributed by atoms with van der Waals surface area (Å²) in [6.45, 7) is 3.00. The minimum absolute atomic E-state index is 0.0340. The van der Waals surface area contributed by atoms with Crippen LogP contribution in [-0.4, -0.2) is 35.5 Å². The Morgan fingerprint density at radius 1 is 1.53 bits per heavy atom. The van der Waals surface area contributed by atoms with Crippen LogP contribution in [0.5, 0.6) is 0 Å². The number of aliphatic hydroxyl groups excluding tert-OH is 1. The van der Waals surface area contributed by atoms with E-state index in [-0.39, 0.29) is 12.4 Å². The number of rotatable bonds is 4. The molecule has 0 amide bonds. The summed E-state index contributed by atoms with van der Waals surface area (Å²) < 4.78 is 0. The van der Waals surface area contributed by atoms with Crippen LogP contribution in [0.1, 0.15) is 24.0 Å². The van der Waals surface area contributed by atoms with Crippen molar-refractivity contribution in [2.75, 3.05) is 19.7 Å². The molecule has 5 heteroatoms. The predicted molar refractivity (Wildman–Crippen MR) is 77.6 cm³/mol. The molecule has 0 aromatic heterocycles. The Morgan fingerprint density at radius 3 is 2.95 bits per heavy atom. The maximum absolute atomic E-state index is 9.24. The third-order valence-electron chi connectivity index (χ3n) is 3.62. The molecule has 0 spiro atoms. The fourth-order valence-electron chi connectivity index (χ4n) is 2.53. The highest BCUT2D eigenvalue weighted by Gasteiger charge is 2.19. The SMILES string of the molecule is N=C(N)c1ccc(CN2CCCC(CO)C2)c(Cl)c1. The molecule has 1 atom stereocenters. The zero-order chi connectivity index (χ0) is 13.8. The lowest BCUT2D eigenvalue weighted by molar-refractivity contribution is 0.116. The summed E-state index contributed by atoms with van der Waals surface area (Å²) in [7, 11) is 0. The number of nitrogens with zero attached hydrogens (tertiary/aromatic N) is 1. The average molecular weight is 282 g/mol. The maximum atomic E-state index is 9.24. The summed E-state index contributed by atoms with van der Waals surface area (Å²) >= 11 is 6.23. The van der Waals surface area contributed by atoms with E-state index >= 15 is 0 Å². The summed E-state index contributed by atoms with van der Waals surface area (Å²) in [6, 6.07) is 5.51. The number of nitrogens with one attached hydrogen (secondary N) is 1. The van der Waals surface area contributed by atoms with Gasteiger partial charge in [0, 0.05) is 30.3 Å². The van der Waals surface area contributed by atoms with E-state index < -0.39 is 0 Å². The zero-order valence-electron chi connectivity index (χ0n) is 10.9. The Balaban J connectivity index is 2.04. The topological polar surface area (TPSA) is 73.3 Å². The summed E-state index contributed by atoms with van der Waals surface area (Å²) in [6.07, 6.45) is 2.22. The summed E-state index contributed by atoms with van der Waals surface area (Å²) in [5.74, 6) is 0.413. The molecule has 0 saturated carbocycles. The van der Waals surface area contributed by atoms with E-state index in [0.29, 0.717) is 16.5 Å². The number of nitrogen functional groups attached to an aromatic ring is 1. The number of halogens is 1. The van der Waals surface area contributed by atoms with E-state index in [1.807, 2.05) is 12.1 Å². The van der Waals surface area contributed by atoms with Crippen molar-refractivity contribution >= 4 is 17.4 Å². The first kappa shape index (κ1) is 14.3. The quantitative estimate of drug-likeness (QED) is 0.582. The molecule has 1 aliphatic rings. The number of hydrogen-bond donors (Lipinski definition) is 3. The second kappa shape index (κ2) is 6.37. The summed E-state index contributed by atoms with van der Waals surface area (Å²) in [5, 5.41) is 17.3. The van der Waals surface area contributed by atoms with E-state index in [4.69, 9.17) is 22.7 Å². The molecule has 0 aliphatic carbocycles. The predicted octanol–water partition coefficient (Wildman–Crippen LogP) is 1.83. The van der Waals surface area contributed by atoms with Gasteiger partial charge in [-0.05, 0) is 36.9 Å². The van der Waals surface area contributed by atoms with Crippen LogP contribution in [0.2, 0.25) is 5.02 Å². The molecular weight excluding hydrogens is 262 g/mol. The summed E-state index contributed by atoms with van der Waals surface area (Å²) in [5.41, 5.74) is 7.14. The van der Waals surface area contributed by atoms with Gasteiger partial charge in [-0.25, -0.2) is 0 Å². The Bertz CT molecular complexity index is 464. The Kier molecular flexibility index (Phi) is 4.80. The van der Waals surface area contributed by atoms with Crippen molar-refractivity contribution in [1.29, 1.82) is 5.41 Å². The molecule has 1 fully saturated rings. The average Bonchev–Trinajstić information content (AvgIpc) is 2.41. The van der Waals surface area contributed by atoms with Gasteiger partial charge >= 0.3 is 0 Å². The van der Waals surface area contributed by atoms with Crippen LogP contribution in [0.3, 0.4) is 0 Å². The molecule has 1 aliphatic heterocycles. The van der Waals surface area contributed by atoms with E-state index in [9.17, 15) is 5.11 Å². The lowest BCUT2D eigenvalue weighted by Crippen LogP contribution is -2.36. The molecule has 4 nitrogen and oxygen atoms in total. The minimum Gasteiger partial charge on any atom is -0.396 e. The normalized spacial score (nSPS) is 20.4. The van der Waals surface area contributed by atoms with Crippen molar-refractivity contribution < 1.29 is 5.11 Å². The van der Waals surface area contributed by atoms with Crippen molar-refractivity contribution in [3.8, 4) is 0 Å².